The van der Waals surface area contributed by atoms with Crippen LogP contribution in [-0.4, -0.2) is 8.42 Å². The zero-order valence-electron chi connectivity index (χ0n) is 11.7. The molecule has 2 aromatic carbocycles. The van der Waals surface area contributed by atoms with Crippen LogP contribution in [0.5, 0.6) is 0 Å². The molecule has 0 bridgehead atoms. The molecule has 0 aliphatic heterocycles. The molecule has 2 N–H and O–H groups in total. The molecule has 0 unspecified atom stereocenters. The molecular formula is C15H18ClNO2S. The van der Waals surface area contributed by atoms with Gasteiger partial charge in [0.1, 0.15) is 0 Å². The standard InChI is InChI=1S/C15H17NO2S.ClH/c1-10-6-4-7-13(11(10)2)14-8-5-9-15(12(14)3)19(16,17)18;/h4-9H,1-3H3,(H2,16,17,18);1H. The maximum absolute atomic E-state index is 11.6. The summed E-state index contributed by atoms with van der Waals surface area (Å²) in [5.74, 6) is 0. The third kappa shape index (κ3) is 3.03. The highest BCUT2D eigenvalue weighted by molar-refractivity contribution is 7.89. The van der Waals surface area contributed by atoms with E-state index in [9.17, 15) is 8.42 Å². The molecule has 0 aliphatic carbocycles. The first kappa shape index (κ1) is 16.7. The third-order valence-corrected chi connectivity index (χ3v) is 4.54. The van der Waals surface area contributed by atoms with E-state index in [4.69, 9.17) is 5.14 Å². The summed E-state index contributed by atoms with van der Waals surface area (Å²) in [6, 6.07) is 11.2. The van der Waals surface area contributed by atoms with Crippen LogP contribution in [0.15, 0.2) is 41.3 Å². The van der Waals surface area contributed by atoms with Crippen LogP contribution >= 0.6 is 12.4 Å². The minimum atomic E-state index is -3.69. The summed E-state index contributed by atoms with van der Waals surface area (Å²) < 4.78 is 23.1. The van der Waals surface area contributed by atoms with Crippen molar-refractivity contribution in [3.63, 3.8) is 0 Å². The summed E-state index contributed by atoms with van der Waals surface area (Å²) in [4.78, 5) is 0.186. The molecule has 20 heavy (non-hydrogen) atoms. The van der Waals surface area contributed by atoms with Crippen molar-refractivity contribution in [2.45, 2.75) is 25.7 Å². The molecule has 0 saturated heterocycles. The third-order valence-electron chi connectivity index (χ3n) is 3.49. The van der Waals surface area contributed by atoms with E-state index in [1.165, 1.54) is 5.56 Å². The van der Waals surface area contributed by atoms with E-state index in [0.29, 0.717) is 5.56 Å². The van der Waals surface area contributed by atoms with Crippen LogP contribution in [0.4, 0.5) is 0 Å². The lowest BCUT2D eigenvalue weighted by molar-refractivity contribution is 0.597. The molecule has 2 rings (SSSR count). The van der Waals surface area contributed by atoms with Gasteiger partial charge in [-0.05, 0) is 54.7 Å². The number of hydrogen-bond acceptors (Lipinski definition) is 2. The summed E-state index contributed by atoms with van der Waals surface area (Å²) in [7, 11) is -3.69. The highest BCUT2D eigenvalue weighted by Gasteiger charge is 2.15. The summed E-state index contributed by atoms with van der Waals surface area (Å²) in [5, 5.41) is 5.24. The average molecular weight is 312 g/mol. The number of aryl methyl sites for hydroxylation is 1. The van der Waals surface area contributed by atoms with Crippen molar-refractivity contribution in [3.8, 4) is 11.1 Å². The monoisotopic (exact) mass is 311 g/mol. The quantitative estimate of drug-likeness (QED) is 0.924. The second kappa shape index (κ2) is 5.95. The van der Waals surface area contributed by atoms with Crippen molar-refractivity contribution in [1.82, 2.24) is 0 Å². The Balaban J connectivity index is 0.00000200. The van der Waals surface area contributed by atoms with Crippen LogP contribution in [0.3, 0.4) is 0 Å². The van der Waals surface area contributed by atoms with Crippen LogP contribution in [0.25, 0.3) is 11.1 Å². The predicted molar refractivity (Wildman–Crippen MR) is 84.7 cm³/mol. The van der Waals surface area contributed by atoms with E-state index >= 15 is 0 Å². The molecule has 0 amide bonds. The minimum absolute atomic E-state index is 0. The van der Waals surface area contributed by atoms with E-state index in [0.717, 1.165) is 16.7 Å². The molecule has 0 saturated carbocycles. The normalized spacial score (nSPS) is 11.0. The molecule has 0 aromatic heterocycles. The number of benzene rings is 2. The van der Waals surface area contributed by atoms with Crippen LogP contribution in [0.1, 0.15) is 16.7 Å². The second-order valence-electron chi connectivity index (χ2n) is 4.72. The number of sulfonamides is 1. The highest BCUT2D eigenvalue weighted by Crippen LogP contribution is 2.30. The zero-order chi connectivity index (χ0) is 14.2. The van der Waals surface area contributed by atoms with E-state index in [1.807, 2.05) is 38.1 Å². The number of primary sulfonamides is 1. The van der Waals surface area contributed by atoms with E-state index in [-0.39, 0.29) is 17.3 Å². The van der Waals surface area contributed by atoms with Crippen molar-refractivity contribution in [3.05, 3.63) is 53.1 Å². The molecule has 2 aromatic rings. The van der Waals surface area contributed by atoms with Gasteiger partial charge in [-0.2, -0.15) is 0 Å². The van der Waals surface area contributed by atoms with Gasteiger partial charge in [0.15, 0.2) is 0 Å². The fraction of sp³-hybridized carbons (Fsp3) is 0.200. The van der Waals surface area contributed by atoms with Gasteiger partial charge in [-0.3, -0.25) is 0 Å². The van der Waals surface area contributed by atoms with Gasteiger partial charge in [-0.1, -0.05) is 30.3 Å². The van der Waals surface area contributed by atoms with Gasteiger partial charge < -0.3 is 0 Å². The lowest BCUT2D eigenvalue weighted by atomic mass is 9.94. The SMILES string of the molecule is Cc1cccc(-c2cccc(S(N)(=O)=O)c2C)c1C.Cl. The van der Waals surface area contributed by atoms with E-state index < -0.39 is 10.0 Å². The van der Waals surface area contributed by atoms with Gasteiger partial charge in [0.05, 0.1) is 4.90 Å². The molecular weight excluding hydrogens is 294 g/mol. The van der Waals surface area contributed by atoms with Crippen LogP contribution in [-0.2, 0) is 10.0 Å². The first-order valence-corrected chi connectivity index (χ1v) is 7.56. The van der Waals surface area contributed by atoms with Gasteiger partial charge in [0.2, 0.25) is 10.0 Å². The molecule has 0 heterocycles. The van der Waals surface area contributed by atoms with Crippen molar-refractivity contribution in [2.24, 2.45) is 5.14 Å². The Bertz CT molecular complexity index is 740. The summed E-state index contributed by atoms with van der Waals surface area (Å²) in [6.07, 6.45) is 0. The van der Waals surface area contributed by atoms with Gasteiger partial charge in [0.25, 0.3) is 0 Å². The largest absolute Gasteiger partial charge is 0.238 e. The van der Waals surface area contributed by atoms with Gasteiger partial charge >= 0.3 is 0 Å². The molecule has 0 aliphatic rings. The Labute approximate surface area is 126 Å². The Kier molecular flexibility index (Phi) is 4.97. The number of hydrogen-bond donors (Lipinski definition) is 1. The lowest BCUT2D eigenvalue weighted by Crippen LogP contribution is -2.14. The number of halogens is 1. The first-order chi connectivity index (χ1) is 8.82. The number of rotatable bonds is 2. The average Bonchev–Trinajstić information content (AvgIpc) is 2.32. The Morgan fingerprint density at radius 3 is 1.90 bits per heavy atom. The molecule has 3 nitrogen and oxygen atoms in total. The van der Waals surface area contributed by atoms with Crippen molar-refractivity contribution in [1.29, 1.82) is 0 Å². The fourth-order valence-corrected chi connectivity index (χ4v) is 3.06. The van der Waals surface area contributed by atoms with E-state index in [2.05, 4.69) is 0 Å². The molecule has 0 fully saturated rings. The first-order valence-electron chi connectivity index (χ1n) is 6.01. The van der Waals surface area contributed by atoms with E-state index in [1.54, 1.807) is 19.1 Å². The maximum Gasteiger partial charge on any atom is 0.238 e. The molecule has 5 heteroatoms. The van der Waals surface area contributed by atoms with Gasteiger partial charge in [-0.15, -0.1) is 12.4 Å². The van der Waals surface area contributed by atoms with Crippen LogP contribution in [0, 0.1) is 20.8 Å². The molecule has 0 radical (unpaired) electrons. The fourth-order valence-electron chi connectivity index (χ4n) is 2.26. The van der Waals surface area contributed by atoms with Gasteiger partial charge in [-0.25, -0.2) is 13.6 Å². The molecule has 0 spiro atoms. The molecule has 0 atom stereocenters. The summed E-state index contributed by atoms with van der Waals surface area (Å²) in [5.41, 5.74) is 4.98. The lowest BCUT2D eigenvalue weighted by Gasteiger charge is -2.13. The smallest absolute Gasteiger partial charge is 0.225 e. The van der Waals surface area contributed by atoms with Crippen LogP contribution in [0.2, 0.25) is 0 Å². The van der Waals surface area contributed by atoms with Crippen molar-refractivity contribution >= 4 is 22.4 Å². The topological polar surface area (TPSA) is 60.2 Å². The van der Waals surface area contributed by atoms with Crippen molar-refractivity contribution in [2.75, 3.05) is 0 Å². The maximum atomic E-state index is 11.6. The number of nitrogens with two attached hydrogens (primary N) is 1. The highest BCUT2D eigenvalue weighted by atomic mass is 35.5. The Morgan fingerprint density at radius 2 is 1.35 bits per heavy atom. The molecule has 108 valence electrons. The summed E-state index contributed by atoms with van der Waals surface area (Å²) >= 11 is 0. The zero-order valence-corrected chi connectivity index (χ0v) is 13.3. The van der Waals surface area contributed by atoms with Crippen LogP contribution < -0.4 is 5.14 Å². The van der Waals surface area contributed by atoms with Crippen molar-refractivity contribution < 1.29 is 8.42 Å². The Hall–Kier alpha value is -1.36. The van der Waals surface area contributed by atoms with Gasteiger partial charge in [0, 0.05) is 0 Å². The Morgan fingerprint density at radius 1 is 0.850 bits per heavy atom. The predicted octanol–water partition coefficient (Wildman–Crippen LogP) is 3.35. The summed E-state index contributed by atoms with van der Waals surface area (Å²) in [6.45, 7) is 5.86. The minimum Gasteiger partial charge on any atom is -0.225 e. The second-order valence-corrected chi connectivity index (χ2v) is 6.25.